The molecule has 0 saturated carbocycles. The Labute approximate surface area is 103 Å². The predicted molar refractivity (Wildman–Crippen MR) is 70.8 cm³/mol. The average Bonchev–Trinajstić information content (AvgIpc) is 2.25. The number of phenolic OH excluding ortho intramolecular Hbond substituents is 1. The summed E-state index contributed by atoms with van der Waals surface area (Å²) in [6.45, 7) is 6.77. The maximum absolute atomic E-state index is 11.2. The number of nitrogens with zero attached hydrogens (tertiary/aromatic N) is 1. The first-order valence-electron chi connectivity index (χ1n) is 5.97. The number of hydrogen-bond donors (Lipinski definition) is 1. The number of carbonyl (C=O) groups excluding carboxylic acids is 1. The van der Waals surface area contributed by atoms with Gasteiger partial charge in [0, 0.05) is 25.3 Å². The number of carbonyl (C=O) groups is 1. The van der Waals surface area contributed by atoms with Crippen molar-refractivity contribution in [3.63, 3.8) is 0 Å². The number of anilines is 1. The molecule has 0 amide bonds. The molecular weight excluding hydrogens is 214 g/mol. The van der Waals surface area contributed by atoms with Crippen LogP contribution >= 0.6 is 0 Å². The van der Waals surface area contributed by atoms with E-state index in [4.69, 9.17) is 0 Å². The lowest BCUT2D eigenvalue weighted by Gasteiger charge is -2.21. The summed E-state index contributed by atoms with van der Waals surface area (Å²) < 4.78 is 0. The Morgan fingerprint density at radius 2 is 2.06 bits per heavy atom. The van der Waals surface area contributed by atoms with Crippen LogP contribution in [0.1, 0.15) is 37.6 Å². The molecule has 0 aliphatic rings. The lowest BCUT2D eigenvalue weighted by molar-refractivity contribution is 0.101. The van der Waals surface area contributed by atoms with E-state index in [0.29, 0.717) is 11.5 Å². The molecule has 0 saturated heterocycles. The number of phenols is 1. The minimum absolute atomic E-state index is 0.0615. The van der Waals surface area contributed by atoms with E-state index in [0.717, 1.165) is 18.7 Å². The summed E-state index contributed by atoms with van der Waals surface area (Å²) >= 11 is 0. The van der Waals surface area contributed by atoms with Crippen LogP contribution in [0.2, 0.25) is 0 Å². The van der Waals surface area contributed by atoms with E-state index in [-0.39, 0.29) is 11.5 Å². The molecule has 0 aliphatic heterocycles. The van der Waals surface area contributed by atoms with Crippen LogP contribution in [-0.2, 0) is 0 Å². The van der Waals surface area contributed by atoms with Gasteiger partial charge >= 0.3 is 0 Å². The molecule has 3 heteroatoms. The average molecular weight is 235 g/mol. The van der Waals surface area contributed by atoms with Crippen molar-refractivity contribution < 1.29 is 9.90 Å². The summed E-state index contributed by atoms with van der Waals surface area (Å²) in [7, 11) is 1.99. The van der Waals surface area contributed by atoms with Crippen LogP contribution in [0.25, 0.3) is 0 Å². The standard InChI is InChI=1S/C14H21NO2/c1-10(2)7-8-15(4)12-5-6-13(11(3)16)14(17)9-12/h5-6,9-10,17H,7-8H2,1-4H3. The monoisotopic (exact) mass is 235 g/mol. The topological polar surface area (TPSA) is 40.5 Å². The third kappa shape index (κ3) is 3.77. The van der Waals surface area contributed by atoms with E-state index >= 15 is 0 Å². The zero-order valence-electron chi connectivity index (χ0n) is 11.0. The summed E-state index contributed by atoms with van der Waals surface area (Å²) in [6.07, 6.45) is 1.10. The van der Waals surface area contributed by atoms with Crippen molar-refractivity contribution in [3.8, 4) is 5.75 Å². The van der Waals surface area contributed by atoms with E-state index in [1.807, 2.05) is 13.1 Å². The van der Waals surface area contributed by atoms with Gasteiger partial charge in [0.05, 0.1) is 5.56 Å². The van der Waals surface area contributed by atoms with Crippen LogP contribution in [0.4, 0.5) is 5.69 Å². The largest absolute Gasteiger partial charge is 0.507 e. The molecule has 0 unspecified atom stereocenters. The van der Waals surface area contributed by atoms with Crippen LogP contribution in [0.3, 0.4) is 0 Å². The smallest absolute Gasteiger partial charge is 0.163 e. The van der Waals surface area contributed by atoms with Crippen LogP contribution < -0.4 is 4.90 Å². The third-order valence-corrected chi connectivity index (χ3v) is 2.84. The SMILES string of the molecule is CC(=O)c1ccc(N(C)CCC(C)C)cc1O. The number of ketones is 1. The molecule has 0 aromatic heterocycles. The van der Waals surface area contributed by atoms with Crippen molar-refractivity contribution in [1.82, 2.24) is 0 Å². The molecule has 1 rings (SSSR count). The quantitative estimate of drug-likeness (QED) is 0.797. The number of benzene rings is 1. The van der Waals surface area contributed by atoms with Gasteiger partial charge in [-0.2, -0.15) is 0 Å². The molecule has 0 atom stereocenters. The summed E-state index contributed by atoms with van der Waals surface area (Å²) in [5, 5.41) is 9.74. The summed E-state index contributed by atoms with van der Waals surface area (Å²) in [6, 6.07) is 5.20. The molecule has 0 bridgehead atoms. The van der Waals surface area contributed by atoms with E-state index in [2.05, 4.69) is 18.7 Å². The second-order valence-electron chi connectivity index (χ2n) is 4.86. The van der Waals surface area contributed by atoms with Crippen molar-refractivity contribution in [3.05, 3.63) is 23.8 Å². The molecule has 1 N–H and O–H groups in total. The molecule has 3 nitrogen and oxygen atoms in total. The molecular formula is C14H21NO2. The molecule has 1 aromatic carbocycles. The van der Waals surface area contributed by atoms with Gasteiger partial charge in [0.25, 0.3) is 0 Å². The highest BCUT2D eigenvalue weighted by Gasteiger charge is 2.09. The Kier molecular flexibility index (Phi) is 4.55. The van der Waals surface area contributed by atoms with Crippen molar-refractivity contribution >= 4 is 11.5 Å². The minimum Gasteiger partial charge on any atom is -0.507 e. The molecule has 17 heavy (non-hydrogen) atoms. The van der Waals surface area contributed by atoms with Gasteiger partial charge < -0.3 is 10.0 Å². The van der Waals surface area contributed by atoms with Gasteiger partial charge in [-0.25, -0.2) is 0 Å². The molecule has 0 fully saturated rings. The number of hydrogen-bond acceptors (Lipinski definition) is 3. The minimum atomic E-state index is -0.112. The number of aromatic hydroxyl groups is 1. The molecule has 0 spiro atoms. The lowest BCUT2D eigenvalue weighted by atomic mass is 10.1. The van der Waals surface area contributed by atoms with E-state index in [1.54, 1.807) is 12.1 Å². The van der Waals surface area contributed by atoms with E-state index in [9.17, 15) is 9.90 Å². The van der Waals surface area contributed by atoms with Crippen molar-refractivity contribution in [2.45, 2.75) is 27.2 Å². The Morgan fingerprint density at radius 3 is 2.53 bits per heavy atom. The first-order chi connectivity index (χ1) is 7.91. The van der Waals surface area contributed by atoms with Gasteiger partial charge in [-0.3, -0.25) is 4.79 Å². The predicted octanol–water partition coefficient (Wildman–Crippen LogP) is 3.08. The van der Waals surface area contributed by atoms with Gasteiger partial charge in [0.1, 0.15) is 5.75 Å². The fourth-order valence-corrected chi connectivity index (χ4v) is 1.64. The van der Waals surface area contributed by atoms with Gasteiger partial charge in [-0.1, -0.05) is 13.8 Å². The van der Waals surface area contributed by atoms with Crippen LogP contribution in [0.5, 0.6) is 5.75 Å². The van der Waals surface area contributed by atoms with Crippen LogP contribution in [-0.4, -0.2) is 24.5 Å². The first kappa shape index (κ1) is 13.6. The second kappa shape index (κ2) is 5.71. The third-order valence-electron chi connectivity index (χ3n) is 2.84. The van der Waals surface area contributed by atoms with Gasteiger partial charge in [-0.15, -0.1) is 0 Å². The van der Waals surface area contributed by atoms with Crippen molar-refractivity contribution in [2.24, 2.45) is 5.92 Å². The normalized spacial score (nSPS) is 10.6. The van der Waals surface area contributed by atoms with Gasteiger partial charge in [0.2, 0.25) is 0 Å². The number of rotatable bonds is 5. The molecule has 1 aromatic rings. The highest BCUT2D eigenvalue weighted by atomic mass is 16.3. The molecule has 0 aliphatic carbocycles. The zero-order chi connectivity index (χ0) is 13.0. The fraction of sp³-hybridized carbons (Fsp3) is 0.500. The van der Waals surface area contributed by atoms with Crippen molar-refractivity contribution in [2.75, 3.05) is 18.5 Å². The highest BCUT2D eigenvalue weighted by molar-refractivity contribution is 5.97. The molecule has 0 heterocycles. The van der Waals surface area contributed by atoms with Gasteiger partial charge in [0.15, 0.2) is 5.78 Å². The Hall–Kier alpha value is -1.51. The fourth-order valence-electron chi connectivity index (χ4n) is 1.64. The zero-order valence-corrected chi connectivity index (χ0v) is 11.0. The summed E-state index contributed by atoms with van der Waals surface area (Å²) in [5.74, 6) is 0.604. The summed E-state index contributed by atoms with van der Waals surface area (Å²) in [4.78, 5) is 13.3. The maximum Gasteiger partial charge on any atom is 0.163 e. The van der Waals surface area contributed by atoms with Gasteiger partial charge in [-0.05, 0) is 31.4 Å². The Bertz CT molecular complexity index is 399. The molecule has 0 radical (unpaired) electrons. The van der Waals surface area contributed by atoms with Crippen LogP contribution in [0.15, 0.2) is 18.2 Å². The second-order valence-corrected chi connectivity index (χ2v) is 4.86. The first-order valence-corrected chi connectivity index (χ1v) is 5.97. The Balaban J connectivity index is 2.79. The number of Topliss-reactive ketones (excluding diaryl/α,β-unsaturated/α-hetero) is 1. The molecule has 94 valence electrons. The summed E-state index contributed by atoms with van der Waals surface area (Å²) in [5.41, 5.74) is 1.32. The highest BCUT2D eigenvalue weighted by Crippen LogP contribution is 2.24. The van der Waals surface area contributed by atoms with E-state index < -0.39 is 0 Å². The van der Waals surface area contributed by atoms with E-state index in [1.165, 1.54) is 6.92 Å². The maximum atomic E-state index is 11.2. The lowest BCUT2D eigenvalue weighted by Crippen LogP contribution is -2.19. The van der Waals surface area contributed by atoms with Crippen molar-refractivity contribution in [1.29, 1.82) is 0 Å². The Morgan fingerprint density at radius 1 is 1.41 bits per heavy atom. The van der Waals surface area contributed by atoms with Crippen LogP contribution in [0, 0.1) is 5.92 Å².